The summed E-state index contributed by atoms with van der Waals surface area (Å²) in [5.41, 5.74) is 1.15. The molecule has 0 bridgehead atoms. The fourth-order valence-electron chi connectivity index (χ4n) is 2.06. The van der Waals surface area contributed by atoms with Crippen LogP contribution in [0.3, 0.4) is 0 Å². The molecule has 5 nitrogen and oxygen atoms in total. The third kappa shape index (κ3) is 8.26. The quantitative estimate of drug-likeness (QED) is 0.348. The highest BCUT2D eigenvalue weighted by molar-refractivity contribution is 5.79. The van der Waals surface area contributed by atoms with E-state index in [2.05, 4.69) is 29.5 Å². The number of guanidine groups is 1. The Labute approximate surface area is 144 Å². The molecule has 6 heteroatoms. The number of nitrogens with one attached hydrogen (secondary N) is 2. The predicted molar refractivity (Wildman–Crippen MR) is 95.4 cm³/mol. The molecule has 0 heterocycles. The van der Waals surface area contributed by atoms with Crippen molar-refractivity contribution in [1.29, 1.82) is 0 Å². The molecule has 1 aromatic rings. The summed E-state index contributed by atoms with van der Waals surface area (Å²) in [4.78, 5) is 4.48. The van der Waals surface area contributed by atoms with E-state index >= 15 is 0 Å². The molecule has 0 saturated heterocycles. The third-order valence-corrected chi connectivity index (χ3v) is 3.25. The molecule has 0 atom stereocenters. The van der Waals surface area contributed by atoms with Crippen molar-refractivity contribution in [3.8, 4) is 0 Å². The van der Waals surface area contributed by atoms with Gasteiger partial charge in [0.25, 0.3) is 0 Å². The molecule has 3 N–H and O–H groups in total. The van der Waals surface area contributed by atoms with E-state index in [9.17, 15) is 4.39 Å². The molecule has 0 aliphatic carbocycles. The summed E-state index contributed by atoms with van der Waals surface area (Å²) < 4.78 is 18.9. The van der Waals surface area contributed by atoms with E-state index < -0.39 is 5.82 Å². The molecule has 0 saturated carbocycles. The predicted octanol–water partition coefficient (Wildman–Crippen LogP) is 2.44. The van der Waals surface area contributed by atoms with Crippen LogP contribution in [-0.4, -0.2) is 37.4 Å². The van der Waals surface area contributed by atoms with E-state index in [1.165, 1.54) is 6.07 Å². The topological polar surface area (TPSA) is 65.9 Å². The number of ether oxygens (including phenoxy) is 1. The van der Waals surface area contributed by atoms with Crippen LogP contribution < -0.4 is 10.6 Å². The summed E-state index contributed by atoms with van der Waals surface area (Å²) in [5, 5.41) is 15.5. The van der Waals surface area contributed by atoms with Crippen LogP contribution in [0.1, 0.15) is 38.3 Å². The first-order valence-electron chi connectivity index (χ1n) is 8.54. The van der Waals surface area contributed by atoms with E-state index in [1.807, 2.05) is 6.92 Å². The van der Waals surface area contributed by atoms with Crippen LogP contribution in [0.25, 0.3) is 0 Å². The highest BCUT2D eigenvalue weighted by atomic mass is 19.1. The lowest BCUT2D eigenvalue weighted by atomic mass is 10.1. The van der Waals surface area contributed by atoms with Crippen LogP contribution in [0, 0.1) is 11.7 Å². The average molecular weight is 339 g/mol. The van der Waals surface area contributed by atoms with Gasteiger partial charge in [-0.3, -0.25) is 0 Å². The van der Waals surface area contributed by atoms with Crippen molar-refractivity contribution in [2.75, 3.05) is 26.3 Å². The van der Waals surface area contributed by atoms with Gasteiger partial charge in [-0.15, -0.1) is 0 Å². The molecular weight excluding hydrogens is 309 g/mol. The molecule has 0 amide bonds. The van der Waals surface area contributed by atoms with E-state index in [1.54, 1.807) is 12.1 Å². The van der Waals surface area contributed by atoms with Gasteiger partial charge in [0.1, 0.15) is 5.82 Å². The Kier molecular flexibility index (Phi) is 10.0. The largest absolute Gasteiger partial charge is 0.392 e. The van der Waals surface area contributed by atoms with Crippen LogP contribution >= 0.6 is 0 Å². The molecular formula is C18H30FN3O2. The van der Waals surface area contributed by atoms with Crippen molar-refractivity contribution in [3.63, 3.8) is 0 Å². The van der Waals surface area contributed by atoms with E-state index in [0.29, 0.717) is 18.0 Å². The Morgan fingerprint density at radius 2 is 2.12 bits per heavy atom. The molecule has 0 radical (unpaired) electrons. The number of aliphatic hydroxyl groups excluding tert-OH is 1. The van der Waals surface area contributed by atoms with Gasteiger partial charge in [0, 0.05) is 31.9 Å². The molecule has 0 aromatic heterocycles. The SMILES string of the molecule is CCNC(=NCc1ccc(F)c(CO)c1)NCCCOCC(C)C. The van der Waals surface area contributed by atoms with E-state index in [0.717, 1.165) is 44.2 Å². The molecule has 0 spiro atoms. The summed E-state index contributed by atoms with van der Waals surface area (Å²) in [7, 11) is 0. The van der Waals surface area contributed by atoms with Gasteiger partial charge >= 0.3 is 0 Å². The van der Waals surface area contributed by atoms with Crippen LogP contribution in [0.4, 0.5) is 4.39 Å². The Hall–Kier alpha value is -1.66. The summed E-state index contributed by atoms with van der Waals surface area (Å²) in [5.74, 6) is 0.879. The van der Waals surface area contributed by atoms with Crippen molar-refractivity contribution >= 4 is 5.96 Å². The zero-order chi connectivity index (χ0) is 17.8. The zero-order valence-electron chi connectivity index (χ0n) is 14.9. The maximum absolute atomic E-state index is 13.4. The maximum atomic E-state index is 13.4. The fraction of sp³-hybridized carbons (Fsp3) is 0.611. The monoisotopic (exact) mass is 339 g/mol. The smallest absolute Gasteiger partial charge is 0.191 e. The molecule has 1 aromatic carbocycles. The highest BCUT2D eigenvalue weighted by Crippen LogP contribution is 2.11. The van der Waals surface area contributed by atoms with E-state index in [-0.39, 0.29) is 6.61 Å². The summed E-state index contributed by atoms with van der Waals surface area (Å²) in [6.45, 7) is 9.43. The minimum absolute atomic E-state index is 0.294. The number of rotatable bonds is 10. The maximum Gasteiger partial charge on any atom is 0.191 e. The number of hydrogen-bond acceptors (Lipinski definition) is 3. The van der Waals surface area contributed by atoms with Crippen molar-refractivity contribution in [2.24, 2.45) is 10.9 Å². The Morgan fingerprint density at radius 1 is 1.33 bits per heavy atom. The summed E-state index contributed by atoms with van der Waals surface area (Å²) in [6.07, 6.45) is 0.905. The number of nitrogens with zero attached hydrogens (tertiary/aromatic N) is 1. The minimum atomic E-state index is -0.392. The van der Waals surface area contributed by atoms with Gasteiger partial charge in [-0.1, -0.05) is 19.9 Å². The lowest BCUT2D eigenvalue weighted by molar-refractivity contribution is 0.108. The normalized spacial score (nSPS) is 11.8. The van der Waals surface area contributed by atoms with Crippen molar-refractivity contribution in [2.45, 2.75) is 40.3 Å². The number of hydrogen-bond donors (Lipinski definition) is 3. The number of aliphatic hydroxyl groups is 1. The first kappa shape index (κ1) is 20.4. The molecule has 0 aliphatic rings. The van der Waals surface area contributed by atoms with Crippen molar-refractivity contribution < 1.29 is 14.2 Å². The van der Waals surface area contributed by atoms with Crippen LogP contribution in [0.5, 0.6) is 0 Å². The van der Waals surface area contributed by atoms with Gasteiger partial charge in [0.2, 0.25) is 0 Å². The number of halogens is 1. The second-order valence-electron chi connectivity index (χ2n) is 6.03. The molecule has 0 unspecified atom stereocenters. The lowest BCUT2D eigenvalue weighted by Crippen LogP contribution is -2.38. The van der Waals surface area contributed by atoms with Crippen molar-refractivity contribution in [1.82, 2.24) is 10.6 Å². The third-order valence-electron chi connectivity index (χ3n) is 3.25. The van der Waals surface area contributed by atoms with Gasteiger partial charge < -0.3 is 20.5 Å². The van der Waals surface area contributed by atoms with Crippen LogP contribution in [0.15, 0.2) is 23.2 Å². The molecule has 24 heavy (non-hydrogen) atoms. The molecule has 0 aliphatic heterocycles. The van der Waals surface area contributed by atoms with Gasteiger partial charge in [0.05, 0.1) is 13.2 Å². The van der Waals surface area contributed by atoms with Crippen LogP contribution in [-0.2, 0) is 17.9 Å². The summed E-state index contributed by atoms with van der Waals surface area (Å²) in [6, 6.07) is 4.69. The van der Waals surface area contributed by atoms with Gasteiger partial charge in [0.15, 0.2) is 5.96 Å². The Morgan fingerprint density at radius 3 is 2.79 bits per heavy atom. The Balaban J connectivity index is 2.44. The standard InChI is InChI=1S/C18H30FN3O2/c1-4-20-18(21-8-5-9-24-13-14(2)3)22-11-15-6-7-17(19)16(10-15)12-23/h6-7,10,14,23H,4-5,8-9,11-13H2,1-3H3,(H2,20,21,22). The highest BCUT2D eigenvalue weighted by Gasteiger charge is 2.03. The first-order chi connectivity index (χ1) is 11.6. The van der Waals surface area contributed by atoms with Crippen molar-refractivity contribution in [3.05, 3.63) is 35.1 Å². The minimum Gasteiger partial charge on any atom is -0.392 e. The summed E-state index contributed by atoms with van der Waals surface area (Å²) >= 11 is 0. The van der Waals surface area contributed by atoms with Gasteiger partial charge in [-0.2, -0.15) is 0 Å². The van der Waals surface area contributed by atoms with Gasteiger partial charge in [-0.25, -0.2) is 9.38 Å². The lowest BCUT2D eigenvalue weighted by Gasteiger charge is -2.12. The van der Waals surface area contributed by atoms with Crippen LogP contribution in [0.2, 0.25) is 0 Å². The van der Waals surface area contributed by atoms with E-state index in [4.69, 9.17) is 9.84 Å². The zero-order valence-corrected chi connectivity index (χ0v) is 14.9. The second kappa shape index (κ2) is 11.8. The average Bonchev–Trinajstić information content (AvgIpc) is 2.56. The fourth-order valence-corrected chi connectivity index (χ4v) is 2.06. The second-order valence-corrected chi connectivity index (χ2v) is 6.03. The number of benzene rings is 1. The first-order valence-corrected chi connectivity index (χ1v) is 8.54. The number of aliphatic imine (C=N–C) groups is 1. The molecule has 1 rings (SSSR count). The van der Waals surface area contributed by atoms with Gasteiger partial charge in [-0.05, 0) is 37.0 Å². The molecule has 136 valence electrons. The molecule has 0 fully saturated rings. The Bertz CT molecular complexity index is 507.